The third-order valence-electron chi connectivity index (χ3n) is 3.59. The van der Waals surface area contributed by atoms with Crippen LogP contribution in [0.5, 0.6) is 5.75 Å². The Morgan fingerprint density at radius 1 is 1.29 bits per heavy atom. The van der Waals surface area contributed by atoms with Crippen LogP contribution < -0.4 is 4.74 Å². The minimum absolute atomic E-state index is 0.138. The van der Waals surface area contributed by atoms with Crippen LogP contribution in [-0.2, 0) is 10.3 Å². The van der Waals surface area contributed by atoms with E-state index in [-0.39, 0.29) is 5.41 Å². The Kier molecular flexibility index (Phi) is 2.42. The molecule has 0 radical (unpaired) electrons. The average Bonchev–Trinajstić information content (AvgIpc) is 3.04. The van der Waals surface area contributed by atoms with Gasteiger partial charge in [-0.05, 0) is 18.9 Å². The summed E-state index contributed by atoms with van der Waals surface area (Å²) in [6.45, 7) is 4.34. The summed E-state index contributed by atoms with van der Waals surface area (Å²) in [5.74, 6) is 0.820. The van der Waals surface area contributed by atoms with Crippen LogP contribution in [0.4, 0.5) is 0 Å². The van der Waals surface area contributed by atoms with Gasteiger partial charge in [-0.25, -0.2) is 0 Å². The van der Waals surface area contributed by atoms with Gasteiger partial charge < -0.3 is 14.6 Å². The van der Waals surface area contributed by atoms with Crippen molar-refractivity contribution in [2.75, 3.05) is 19.8 Å². The van der Waals surface area contributed by atoms with Gasteiger partial charge in [0.2, 0.25) is 0 Å². The van der Waals surface area contributed by atoms with Crippen LogP contribution in [0.25, 0.3) is 0 Å². The lowest BCUT2D eigenvalue weighted by Crippen LogP contribution is -2.44. The number of hydrogen-bond acceptors (Lipinski definition) is 3. The Morgan fingerprint density at radius 2 is 2.00 bits per heavy atom. The summed E-state index contributed by atoms with van der Waals surface area (Å²) in [6, 6.07) is 7.80. The van der Waals surface area contributed by atoms with E-state index in [2.05, 4.69) is 6.92 Å². The monoisotopic (exact) mass is 234 g/mol. The third kappa shape index (κ3) is 2.05. The van der Waals surface area contributed by atoms with Crippen molar-refractivity contribution < 1.29 is 14.6 Å². The molecule has 0 spiro atoms. The van der Waals surface area contributed by atoms with Gasteiger partial charge in [-0.3, -0.25) is 0 Å². The van der Waals surface area contributed by atoms with Gasteiger partial charge in [0, 0.05) is 11.0 Å². The maximum absolute atomic E-state index is 10.2. The molecular weight excluding hydrogens is 216 g/mol. The van der Waals surface area contributed by atoms with E-state index in [1.807, 2.05) is 24.3 Å². The molecule has 0 aromatic heterocycles. The molecule has 1 N–H and O–H groups in total. The van der Waals surface area contributed by atoms with E-state index in [0.29, 0.717) is 6.61 Å². The molecule has 0 bridgehead atoms. The molecule has 2 fully saturated rings. The first-order valence-electron chi connectivity index (χ1n) is 6.14. The minimum atomic E-state index is -0.631. The van der Waals surface area contributed by atoms with E-state index in [4.69, 9.17) is 9.47 Å². The smallest absolute Gasteiger partial charge is 0.125 e. The van der Waals surface area contributed by atoms with E-state index in [1.54, 1.807) is 0 Å². The van der Waals surface area contributed by atoms with Crippen molar-refractivity contribution in [2.45, 2.75) is 25.4 Å². The second-order valence-electron chi connectivity index (χ2n) is 5.62. The number of aliphatic hydroxyl groups is 1. The predicted octanol–water partition coefficient (Wildman–Crippen LogP) is 2.08. The average molecular weight is 234 g/mol. The second-order valence-corrected chi connectivity index (χ2v) is 5.62. The minimum Gasteiger partial charge on any atom is -0.492 e. The predicted molar refractivity (Wildman–Crippen MR) is 64.0 cm³/mol. The molecule has 3 rings (SSSR count). The maximum Gasteiger partial charge on any atom is 0.125 e. The molecule has 1 aromatic rings. The fraction of sp³-hybridized carbons (Fsp3) is 0.571. The second kappa shape index (κ2) is 3.72. The number of ether oxygens (including phenoxy) is 2. The van der Waals surface area contributed by atoms with Gasteiger partial charge in [-0.1, -0.05) is 25.1 Å². The topological polar surface area (TPSA) is 38.7 Å². The van der Waals surface area contributed by atoms with Gasteiger partial charge in [0.25, 0.3) is 0 Å². The fourth-order valence-corrected chi connectivity index (χ4v) is 2.15. The Balaban J connectivity index is 1.74. The van der Waals surface area contributed by atoms with Gasteiger partial charge in [0.1, 0.15) is 5.75 Å². The highest BCUT2D eigenvalue weighted by Crippen LogP contribution is 2.48. The van der Waals surface area contributed by atoms with Gasteiger partial charge in [-0.15, -0.1) is 0 Å². The lowest BCUT2D eigenvalue weighted by atomic mass is 9.90. The molecule has 3 nitrogen and oxygen atoms in total. The summed E-state index contributed by atoms with van der Waals surface area (Å²) in [5.41, 5.74) is 0.441. The molecule has 17 heavy (non-hydrogen) atoms. The Hall–Kier alpha value is -1.06. The maximum atomic E-state index is 10.2. The van der Waals surface area contributed by atoms with E-state index in [9.17, 15) is 5.11 Å². The molecule has 1 aliphatic carbocycles. The quantitative estimate of drug-likeness (QED) is 0.867. The Labute approximate surface area is 101 Å². The summed E-state index contributed by atoms with van der Waals surface area (Å²) >= 11 is 0. The Bertz CT molecular complexity index is 419. The van der Waals surface area contributed by atoms with Crippen molar-refractivity contribution in [3.05, 3.63) is 29.8 Å². The van der Waals surface area contributed by atoms with Crippen molar-refractivity contribution in [3.63, 3.8) is 0 Å². The van der Waals surface area contributed by atoms with Crippen molar-refractivity contribution in [1.82, 2.24) is 0 Å². The van der Waals surface area contributed by atoms with Crippen molar-refractivity contribution in [2.24, 2.45) is 5.41 Å². The molecule has 0 atom stereocenters. The summed E-state index contributed by atoms with van der Waals surface area (Å²) in [5, 5.41) is 10.2. The zero-order valence-electron chi connectivity index (χ0n) is 10.1. The summed E-state index contributed by atoms with van der Waals surface area (Å²) < 4.78 is 11.1. The van der Waals surface area contributed by atoms with Crippen LogP contribution in [0.2, 0.25) is 0 Å². The van der Waals surface area contributed by atoms with Crippen molar-refractivity contribution in [1.29, 1.82) is 0 Å². The molecule has 0 amide bonds. The van der Waals surface area contributed by atoms with E-state index in [0.717, 1.165) is 37.4 Å². The standard InChI is InChI=1S/C14H18O3/c1-13(8-16-9-13)10-17-12-5-3-2-4-11(12)14(15)6-7-14/h2-5,15H,6-10H2,1H3. The van der Waals surface area contributed by atoms with Crippen molar-refractivity contribution in [3.8, 4) is 5.75 Å². The first-order chi connectivity index (χ1) is 8.11. The van der Waals surface area contributed by atoms with E-state index < -0.39 is 5.60 Å². The Morgan fingerprint density at radius 3 is 2.59 bits per heavy atom. The van der Waals surface area contributed by atoms with Gasteiger partial charge in [0.15, 0.2) is 0 Å². The summed E-state index contributed by atoms with van der Waals surface area (Å²) in [7, 11) is 0. The first kappa shape index (κ1) is 11.1. The largest absolute Gasteiger partial charge is 0.492 e. The molecule has 1 saturated heterocycles. The number of hydrogen-bond donors (Lipinski definition) is 1. The van der Waals surface area contributed by atoms with Gasteiger partial charge in [-0.2, -0.15) is 0 Å². The number of para-hydroxylation sites is 1. The lowest BCUT2D eigenvalue weighted by molar-refractivity contribution is -0.120. The molecular formula is C14H18O3. The highest BCUT2D eigenvalue weighted by atomic mass is 16.5. The van der Waals surface area contributed by atoms with Crippen LogP contribution in [0.1, 0.15) is 25.3 Å². The van der Waals surface area contributed by atoms with Gasteiger partial charge in [0.05, 0.1) is 25.4 Å². The molecule has 1 aromatic carbocycles. The highest BCUT2D eigenvalue weighted by molar-refractivity contribution is 5.40. The molecule has 2 aliphatic rings. The van der Waals surface area contributed by atoms with Gasteiger partial charge >= 0.3 is 0 Å². The fourth-order valence-electron chi connectivity index (χ4n) is 2.15. The number of benzene rings is 1. The SMILES string of the molecule is CC1(COc2ccccc2C2(O)CC2)COC1. The third-order valence-corrected chi connectivity index (χ3v) is 3.59. The molecule has 1 aliphatic heterocycles. The van der Waals surface area contributed by atoms with Crippen molar-refractivity contribution >= 4 is 0 Å². The molecule has 92 valence electrons. The molecule has 1 saturated carbocycles. The molecule has 0 unspecified atom stereocenters. The van der Waals surface area contributed by atoms with E-state index in [1.165, 1.54) is 0 Å². The molecule has 3 heteroatoms. The van der Waals surface area contributed by atoms with E-state index >= 15 is 0 Å². The summed E-state index contributed by atoms with van der Waals surface area (Å²) in [4.78, 5) is 0. The normalized spacial score (nSPS) is 23.9. The highest BCUT2D eigenvalue weighted by Gasteiger charge is 2.44. The summed E-state index contributed by atoms with van der Waals surface area (Å²) in [6.07, 6.45) is 1.68. The lowest BCUT2D eigenvalue weighted by Gasteiger charge is -2.37. The number of rotatable bonds is 4. The van der Waals surface area contributed by atoms with Crippen LogP contribution in [-0.4, -0.2) is 24.9 Å². The first-order valence-corrected chi connectivity index (χ1v) is 6.14. The van der Waals surface area contributed by atoms with Crippen LogP contribution >= 0.6 is 0 Å². The van der Waals surface area contributed by atoms with Crippen LogP contribution in [0.15, 0.2) is 24.3 Å². The van der Waals surface area contributed by atoms with Crippen LogP contribution in [0.3, 0.4) is 0 Å². The van der Waals surface area contributed by atoms with Crippen LogP contribution in [0, 0.1) is 5.41 Å². The zero-order chi connectivity index (χ0) is 11.9. The zero-order valence-corrected chi connectivity index (χ0v) is 10.1. The molecule has 1 heterocycles.